The lowest BCUT2D eigenvalue weighted by molar-refractivity contribution is -0.142. The number of carbonyl (C=O) groups is 2. The van der Waals surface area contributed by atoms with Gasteiger partial charge in [0.2, 0.25) is 0 Å². The fourth-order valence-corrected chi connectivity index (χ4v) is 1.82. The van der Waals surface area contributed by atoms with Crippen LogP contribution < -0.4 is 11.5 Å². The van der Waals surface area contributed by atoms with Crippen LogP contribution in [0.1, 0.15) is 0 Å². The van der Waals surface area contributed by atoms with E-state index in [1.165, 1.54) is 0 Å². The van der Waals surface area contributed by atoms with Crippen LogP contribution in [0.25, 0.3) is 0 Å². The molecule has 0 aliphatic carbocycles. The Bertz CT molecular complexity index is 293. The van der Waals surface area contributed by atoms with Crippen molar-refractivity contribution in [1.82, 2.24) is 0 Å². The zero-order valence-corrected chi connectivity index (χ0v) is 11.8. The highest BCUT2D eigenvalue weighted by Crippen LogP contribution is 2.17. The predicted octanol–water partition coefficient (Wildman–Crippen LogP) is -1.97. The van der Waals surface area contributed by atoms with Gasteiger partial charge in [-0.2, -0.15) is 0 Å². The first-order valence-corrected chi connectivity index (χ1v) is 8.66. The van der Waals surface area contributed by atoms with Crippen LogP contribution in [0, 0.1) is 0 Å². The Balaban J connectivity index is 0. The van der Waals surface area contributed by atoms with Crippen LogP contribution >= 0.6 is 0 Å². The van der Waals surface area contributed by atoms with E-state index in [-0.39, 0.29) is 0 Å². The Kier molecular flexibility index (Phi) is 7.99. The van der Waals surface area contributed by atoms with E-state index in [1.54, 1.807) is 0 Å². The molecule has 0 fully saturated rings. The number of aliphatic carboxylic acids is 2. The summed E-state index contributed by atoms with van der Waals surface area (Å²) < 4.78 is 0. The van der Waals surface area contributed by atoms with Crippen LogP contribution in [0.2, 0.25) is 19.6 Å². The standard InChI is InChI=1S/C6H15NO3Si.C3H7NO3/c1-11(2,3)6(7,4-8)5(9)10;4-2(1-5)3(6)7/h8H,4,7H2,1-3H3,(H,9,10);2,5H,1,4H2,(H,6,7)/t6-;2-/m10/s1. The van der Waals surface area contributed by atoms with Crippen LogP contribution in [0.5, 0.6) is 0 Å². The molecule has 0 saturated carbocycles. The van der Waals surface area contributed by atoms with Crippen LogP contribution in [0.3, 0.4) is 0 Å². The van der Waals surface area contributed by atoms with Gasteiger partial charge in [0, 0.05) is 0 Å². The molecule has 2 atom stereocenters. The largest absolute Gasteiger partial charge is 0.480 e. The molecule has 0 aliphatic heterocycles. The quantitative estimate of drug-likeness (QED) is 0.316. The lowest BCUT2D eigenvalue weighted by Gasteiger charge is -2.34. The zero-order valence-electron chi connectivity index (χ0n) is 10.8. The van der Waals surface area contributed by atoms with Gasteiger partial charge in [-0.1, -0.05) is 19.6 Å². The third kappa shape index (κ3) is 5.56. The van der Waals surface area contributed by atoms with Crippen LogP contribution in [0.15, 0.2) is 0 Å². The number of aliphatic hydroxyl groups excluding tert-OH is 2. The second kappa shape index (κ2) is 7.44. The second-order valence-electron chi connectivity index (χ2n) is 4.81. The minimum absolute atomic E-state index is 0.488. The number of hydrogen-bond donors (Lipinski definition) is 6. The molecule has 0 amide bonds. The van der Waals surface area contributed by atoms with Gasteiger partial charge in [-0.25, -0.2) is 0 Å². The maximum atomic E-state index is 10.6. The van der Waals surface area contributed by atoms with Crippen molar-refractivity contribution in [3.8, 4) is 0 Å². The average molecular weight is 282 g/mol. The van der Waals surface area contributed by atoms with Gasteiger partial charge >= 0.3 is 11.9 Å². The van der Waals surface area contributed by atoms with Crippen molar-refractivity contribution in [2.24, 2.45) is 11.5 Å². The van der Waals surface area contributed by atoms with Gasteiger partial charge < -0.3 is 31.9 Å². The topological polar surface area (TPSA) is 167 Å². The van der Waals surface area contributed by atoms with E-state index in [9.17, 15) is 9.59 Å². The van der Waals surface area contributed by atoms with E-state index in [2.05, 4.69) is 0 Å². The van der Waals surface area contributed by atoms with Crippen molar-refractivity contribution < 1.29 is 30.0 Å². The van der Waals surface area contributed by atoms with E-state index >= 15 is 0 Å². The number of aliphatic hydroxyl groups is 2. The maximum absolute atomic E-state index is 10.6. The van der Waals surface area contributed by atoms with Crippen LogP contribution in [0.4, 0.5) is 0 Å². The molecule has 0 heterocycles. The monoisotopic (exact) mass is 282 g/mol. The number of carboxylic acid groups (broad SMARTS) is 2. The predicted molar refractivity (Wildman–Crippen MR) is 67.7 cm³/mol. The summed E-state index contributed by atoms with van der Waals surface area (Å²) in [6, 6.07) is -1.13. The lowest BCUT2D eigenvalue weighted by Crippen LogP contribution is -2.67. The molecule has 0 spiro atoms. The SMILES string of the molecule is C[Si](C)(C)[C@](N)(CO)C(=O)O.N[C@@H](CO)C(=O)O. The summed E-state index contributed by atoms with van der Waals surface area (Å²) >= 11 is 0. The van der Waals surface area contributed by atoms with E-state index in [1.807, 2.05) is 19.6 Å². The van der Waals surface area contributed by atoms with Crippen molar-refractivity contribution in [2.45, 2.75) is 30.8 Å². The van der Waals surface area contributed by atoms with Crippen molar-refractivity contribution in [2.75, 3.05) is 13.2 Å². The highest BCUT2D eigenvalue weighted by atomic mass is 28.3. The molecule has 0 rings (SSSR count). The van der Waals surface area contributed by atoms with Crippen LogP contribution in [-0.4, -0.2) is 64.9 Å². The van der Waals surface area contributed by atoms with E-state index in [0.717, 1.165) is 0 Å². The van der Waals surface area contributed by atoms with E-state index in [0.29, 0.717) is 0 Å². The third-order valence-electron chi connectivity index (χ3n) is 2.48. The molecule has 108 valence electrons. The molecule has 9 heteroatoms. The highest BCUT2D eigenvalue weighted by Gasteiger charge is 2.46. The van der Waals surface area contributed by atoms with Crippen LogP contribution in [-0.2, 0) is 9.59 Å². The Hall–Kier alpha value is -1.00. The Morgan fingerprint density at radius 2 is 1.61 bits per heavy atom. The first kappa shape index (κ1) is 19.3. The first-order valence-electron chi connectivity index (χ1n) is 5.16. The Morgan fingerprint density at radius 1 is 1.22 bits per heavy atom. The average Bonchev–Trinajstić information content (AvgIpc) is 2.25. The minimum atomic E-state index is -2.05. The first-order chi connectivity index (χ1) is 7.93. The highest BCUT2D eigenvalue weighted by molar-refractivity contribution is 6.82. The summed E-state index contributed by atoms with van der Waals surface area (Å²) in [6.07, 6.45) is 0. The molecule has 8 N–H and O–H groups in total. The number of hydrogen-bond acceptors (Lipinski definition) is 6. The fraction of sp³-hybridized carbons (Fsp3) is 0.778. The molecule has 0 aliphatic rings. The molecule has 18 heavy (non-hydrogen) atoms. The molecule has 0 radical (unpaired) electrons. The number of nitrogens with two attached hydrogens (primary N) is 2. The van der Waals surface area contributed by atoms with Gasteiger partial charge in [0.15, 0.2) is 0 Å². The second-order valence-corrected chi connectivity index (χ2v) is 10.2. The van der Waals surface area contributed by atoms with Gasteiger partial charge in [0.05, 0.1) is 21.3 Å². The Morgan fingerprint density at radius 3 is 1.61 bits per heavy atom. The Labute approximate surface area is 106 Å². The number of carboxylic acids is 2. The third-order valence-corrected chi connectivity index (χ3v) is 5.53. The maximum Gasteiger partial charge on any atom is 0.322 e. The smallest absolute Gasteiger partial charge is 0.322 e. The van der Waals surface area contributed by atoms with Crippen molar-refractivity contribution in [3.05, 3.63) is 0 Å². The zero-order chi connectivity index (χ0) is 15.1. The van der Waals surface area contributed by atoms with Gasteiger partial charge in [0.25, 0.3) is 0 Å². The molecule has 0 aromatic rings. The fourth-order valence-electron chi connectivity index (χ4n) is 0.704. The molecule has 0 aromatic heterocycles. The van der Waals surface area contributed by atoms with Gasteiger partial charge in [0.1, 0.15) is 11.2 Å². The summed E-state index contributed by atoms with van der Waals surface area (Å²) in [5.74, 6) is -2.29. The normalized spacial score (nSPS) is 15.9. The van der Waals surface area contributed by atoms with Crippen molar-refractivity contribution >= 4 is 20.0 Å². The number of rotatable bonds is 5. The summed E-state index contributed by atoms with van der Waals surface area (Å²) in [4.78, 5) is 20.3. The van der Waals surface area contributed by atoms with Gasteiger partial charge in [-0.3, -0.25) is 9.59 Å². The molecule has 0 bridgehead atoms. The van der Waals surface area contributed by atoms with Crippen molar-refractivity contribution in [3.63, 3.8) is 0 Å². The summed E-state index contributed by atoms with van der Waals surface area (Å²) in [5, 5.41) is 32.0. The molecular formula is C9H22N2O6Si. The van der Waals surface area contributed by atoms with Gasteiger partial charge in [-0.15, -0.1) is 0 Å². The summed E-state index contributed by atoms with van der Waals surface area (Å²) in [5.41, 5.74) is 10.3. The lowest BCUT2D eigenvalue weighted by atomic mass is 10.3. The van der Waals surface area contributed by atoms with E-state index in [4.69, 9.17) is 31.9 Å². The molecule has 0 unspecified atom stereocenters. The molecule has 0 aromatic carbocycles. The summed E-state index contributed by atoms with van der Waals surface area (Å²) in [6.45, 7) is 4.46. The summed E-state index contributed by atoms with van der Waals surface area (Å²) in [7, 11) is -2.05. The minimum Gasteiger partial charge on any atom is -0.480 e. The molecular weight excluding hydrogens is 260 g/mol. The van der Waals surface area contributed by atoms with Crippen molar-refractivity contribution in [1.29, 1.82) is 0 Å². The van der Waals surface area contributed by atoms with Gasteiger partial charge in [-0.05, 0) is 0 Å². The van der Waals surface area contributed by atoms with E-state index < -0.39 is 44.4 Å². The molecule has 0 saturated heterocycles. The molecule has 8 nitrogen and oxygen atoms in total.